The quantitative estimate of drug-likeness (QED) is 0.132. The maximum Gasteiger partial charge on any atom is 0.349 e. The molecule has 0 heterocycles. The van der Waals surface area contributed by atoms with Crippen LogP contribution in [0, 0.1) is 46.8 Å². The van der Waals surface area contributed by atoms with Crippen LogP contribution in [0.5, 0.6) is 5.75 Å². The fourth-order valence-corrected chi connectivity index (χ4v) is 6.03. The first-order valence-electron chi connectivity index (χ1n) is 12.6. The van der Waals surface area contributed by atoms with Gasteiger partial charge < -0.3 is 4.74 Å². The van der Waals surface area contributed by atoms with Crippen molar-refractivity contribution in [3.05, 3.63) is 64.5 Å². The van der Waals surface area contributed by atoms with Gasteiger partial charge in [-0.05, 0) is 79.9 Å². The first-order valence-corrected chi connectivity index (χ1v) is 12.6. The number of hydrogen-bond acceptors (Lipinski definition) is 2. The van der Waals surface area contributed by atoms with Crippen molar-refractivity contribution < 1.29 is 31.5 Å². The predicted molar refractivity (Wildman–Crippen MR) is 123 cm³/mol. The highest BCUT2D eigenvalue weighted by Crippen LogP contribution is 2.44. The van der Waals surface area contributed by atoms with E-state index in [0.29, 0.717) is 5.92 Å². The van der Waals surface area contributed by atoms with E-state index in [4.69, 9.17) is 4.74 Å². The predicted octanol–water partition coefficient (Wildman–Crippen LogP) is 8.48. The third-order valence-electron chi connectivity index (χ3n) is 8.00. The zero-order chi connectivity index (χ0) is 25.1. The van der Waals surface area contributed by atoms with Crippen LogP contribution in [0.3, 0.4) is 0 Å². The van der Waals surface area contributed by atoms with Crippen LogP contribution >= 0.6 is 0 Å². The SMILES string of the molecule is CCC[C@H]1CC[C@H](C2CCC(c3ccc(OC(=O)c4c(F)c(F)c(F)c(F)c4F)cc3)CC2)CC1. The van der Waals surface area contributed by atoms with E-state index < -0.39 is 40.6 Å². The molecule has 2 saturated carbocycles. The fourth-order valence-electron chi connectivity index (χ4n) is 6.03. The summed E-state index contributed by atoms with van der Waals surface area (Å²) in [6.07, 6.45) is 12.6. The summed E-state index contributed by atoms with van der Waals surface area (Å²) in [6.45, 7) is 2.26. The molecule has 2 nitrogen and oxygen atoms in total. The molecule has 2 aromatic rings. The molecule has 2 aromatic carbocycles. The average molecular weight is 495 g/mol. The molecule has 0 bridgehead atoms. The number of carbonyl (C=O) groups is 1. The number of rotatable bonds is 6. The molecule has 2 fully saturated rings. The van der Waals surface area contributed by atoms with Gasteiger partial charge in [0, 0.05) is 0 Å². The van der Waals surface area contributed by atoms with Crippen molar-refractivity contribution in [3.63, 3.8) is 0 Å². The summed E-state index contributed by atoms with van der Waals surface area (Å²) in [4.78, 5) is 12.1. The summed E-state index contributed by atoms with van der Waals surface area (Å²) in [7, 11) is 0. The van der Waals surface area contributed by atoms with Crippen LogP contribution in [0.4, 0.5) is 22.0 Å². The Morgan fingerprint density at radius 3 is 1.74 bits per heavy atom. The van der Waals surface area contributed by atoms with Crippen molar-refractivity contribution in [2.75, 3.05) is 0 Å². The largest absolute Gasteiger partial charge is 0.423 e. The molecule has 35 heavy (non-hydrogen) atoms. The minimum atomic E-state index is -2.32. The van der Waals surface area contributed by atoms with Crippen molar-refractivity contribution in [1.82, 2.24) is 0 Å². The molecule has 0 radical (unpaired) electrons. The van der Waals surface area contributed by atoms with Crippen molar-refractivity contribution in [1.29, 1.82) is 0 Å². The minimum Gasteiger partial charge on any atom is -0.423 e. The molecule has 2 aliphatic carbocycles. The van der Waals surface area contributed by atoms with E-state index in [1.54, 1.807) is 12.1 Å². The second kappa shape index (κ2) is 11.1. The van der Waals surface area contributed by atoms with E-state index in [1.807, 2.05) is 0 Å². The Morgan fingerprint density at radius 2 is 1.23 bits per heavy atom. The highest BCUT2D eigenvalue weighted by atomic mass is 19.2. The molecule has 7 heteroatoms. The topological polar surface area (TPSA) is 26.3 Å². The van der Waals surface area contributed by atoms with E-state index in [2.05, 4.69) is 6.92 Å². The Hall–Kier alpha value is -2.44. The normalized spacial score (nSPS) is 24.9. The molecular weight excluding hydrogens is 463 g/mol. The fraction of sp³-hybridized carbons (Fsp3) is 0.536. The van der Waals surface area contributed by atoms with Gasteiger partial charge in [0.2, 0.25) is 5.82 Å². The van der Waals surface area contributed by atoms with Gasteiger partial charge in [0.15, 0.2) is 23.3 Å². The van der Waals surface area contributed by atoms with Crippen LogP contribution in [0.15, 0.2) is 24.3 Å². The monoisotopic (exact) mass is 494 g/mol. The van der Waals surface area contributed by atoms with Gasteiger partial charge in [-0.15, -0.1) is 0 Å². The Balaban J connectivity index is 1.33. The van der Waals surface area contributed by atoms with Gasteiger partial charge in [-0.1, -0.05) is 44.7 Å². The maximum absolute atomic E-state index is 13.9. The molecule has 0 atom stereocenters. The van der Waals surface area contributed by atoms with Gasteiger partial charge in [-0.2, -0.15) is 0 Å². The summed E-state index contributed by atoms with van der Waals surface area (Å²) >= 11 is 0. The van der Waals surface area contributed by atoms with Crippen LogP contribution in [0.25, 0.3) is 0 Å². The zero-order valence-corrected chi connectivity index (χ0v) is 19.9. The van der Waals surface area contributed by atoms with E-state index in [9.17, 15) is 26.7 Å². The number of hydrogen-bond donors (Lipinski definition) is 0. The number of carbonyl (C=O) groups excluding carboxylic acids is 1. The molecular formula is C28H31F5O2. The second-order valence-corrected chi connectivity index (χ2v) is 10.1. The average Bonchev–Trinajstić information content (AvgIpc) is 2.88. The number of esters is 1. The first-order chi connectivity index (χ1) is 16.8. The van der Waals surface area contributed by atoms with E-state index in [1.165, 1.54) is 63.5 Å². The van der Waals surface area contributed by atoms with Crippen molar-refractivity contribution >= 4 is 5.97 Å². The van der Waals surface area contributed by atoms with Gasteiger partial charge in [0.25, 0.3) is 0 Å². The minimum absolute atomic E-state index is 0.0276. The van der Waals surface area contributed by atoms with E-state index in [-0.39, 0.29) is 5.75 Å². The van der Waals surface area contributed by atoms with Gasteiger partial charge in [-0.25, -0.2) is 26.7 Å². The Morgan fingerprint density at radius 1 is 0.743 bits per heavy atom. The van der Waals surface area contributed by atoms with Crippen LogP contribution in [0.2, 0.25) is 0 Å². The van der Waals surface area contributed by atoms with Gasteiger partial charge in [0.05, 0.1) is 0 Å². The highest BCUT2D eigenvalue weighted by Gasteiger charge is 2.32. The van der Waals surface area contributed by atoms with Gasteiger partial charge >= 0.3 is 5.97 Å². The third-order valence-corrected chi connectivity index (χ3v) is 8.00. The maximum atomic E-state index is 13.9. The molecule has 0 amide bonds. The smallest absolute Gasteiger partial charge is 0.349 e. The van der Waals surface area contributed by atoms with Crippen molar-refractivity contribution in [2.45, 2.75) is 77.0 Å². The molecule has 0 N–H and O–H groups in total. The van der Waals surface area contributed by atoms with E-state index in [0.717, 1.165) is 36.2 Å². The summed E-state index contributed by atoms with van der Waals surface area (Å²) in [5, 5.41) is 0. The molecule has 0 unspecified atom stereocenters. The molecule has 0 saturated heterocycles. The molecule has 2 aliphatic rings. The molecule has 0 aliphatic heterocycles. The highest BCUT2D eigenvalue weighted by molar-refractivity contribution is 5.91. The number of benzene rings is 2. The molecule has 0 spiro atoms. The van der Waals surface area contributed by atoms with E-state index >= 15 is 0 Å². The van der Waals surface area contributed by atoms with Gasteiger partial charge in [-0.3, -0.25) is 0 Å². The first kappa shape index (κ1) is 25.6. The molecule has 4 rings (SSSR count). The second-order valence-electron chi connectivity index (χ2n) is 10.1. The number of ether oxygens (including phenoxy) is 1. The third kappa shape index (κ3) is 5.54. The van der Waals surface area contributed by atoms with Crippen LogP contribution < -0.4 is 4.74 Å². The van der Waals surface area contributed by atoms with Gasteiger partial charge in [0.1, 0.15) is 11.3 Å². The molecule has 190 valence electrons. The van der Waals surface area contributed by atoms with Crippen molar-refractivity contribution in [3.8, 4) is 5.75 Å². The van der Waals surface area contributed by atoms with Crippen molar-refractivity contribution in [2.24, 2.45) is 17.8 Å². The summed E-state index contributed by atoms with van der Waals surface area (Å²) in [6, 6.07) is 6.56. The molecule has 0 aromatic heterocycles. The lowest BCUT2D eigenvalue weighted by Gasteiger charge is -2.38. The summed E-state index contributed by atoms with van der Waals surface area (Å²) < 4.78 is 72.6. The summed E-state index contributed by atoms with van der Waals surface area (Å²) in [5.74, 6) is -9.84. The summed E-state index contributed by atoms with van der Waals surface area (Å²) in [5.41, 5.74) is -0.515. The van der Waals surface area contributed by atoms with Crippen LogP contribution in [0.1, 0.15) is 93.0 Å². The lowest BCUT2D eigenvalue weighted by molar-refractivity contribution is 0.0721. The zero-order valence-electron chi connectivity index (χ0n) is 19.9. The van der Waals surface area contributed by atoms with Crippen LogP contribution in [-0.2, 0) is 0 Å². The van der Waals surface area contributed by atoms with Crippen LogP contribution in [-0.4, -0.2) is 5.97 Å². The Labute approximate surface area is 202 Å². The Bertz CT molecular complexity index is 1010. The lowest BCUT2D eigenvalue weighted by atomic mass is 9.68. The lowest BCUT2D eigenvalue weighted by Crippen LogP contribution is -2.25. The number of halogens is 5. The Kier molecular flexibility index (Phi) is 8.12. The standard InChI is InChI=1S/C28H31F5O2/c1-2-3-16-4-6-17(7-5-16)18-8-10-19(11-9-18)20-12-14-21(15-13-20)35-28(34)22-23(29)25(31)27(33)26(32)24(22)30/h12-19H,2-11H2,1H3/t16-,17-,18?,19?.